The second-order valence-corrected chi connectivity index (χ2v) is 7.45. The lowest BCUT2D eigenvalue weighted by Crippen LogP contribution is -2.47. The summed E-state index contributed by atoms with van der Waals surface area (Å²) in [5, 5.41) is 8.18. The Kier molecular flexibility index (Phi) is 4.79. The third kappa shape index (κ3) is 3.63. The third-order valence-electron chi connectivity index (χ3n) is 5.25. The molecular weight excluding hydrogens is 264 g/mol. The quantitative estimate of drug-likeness (QED) is 0.816. The average Bonchev–Trinajstić information content (AvgIpc) is 3.22. The zero-order chi connectivity index (χ0) is 13.8. The van der Waals surface area contributed by atoms with Gasteiger partial charge in [-0.1, -0.05) is 19.3 Å². The van der Waals surface area contributed by atoms with Gasteiger partial charge >= 0.3 is 0 Å². The van der Waals surface area contributed by atoms with Gasteiger partial charge in [0.25, 0.3) is 0 Å². The van der Waals surface area contributed by atoms with Gasteiger partial charge in [0.05, 0.1) is 0 Å². The number of nitrogens with one attached hydrogen (secondary N) is 1. The molecule has 0 spiro atoms. The maximum atomic E-state index is 3.67. The van der Waals surface area contributed by atoms with Crippen LogP contribution in [-0.4, -0.2) is 30.1 Å². The Balaban J connectivity index is 1.56. The van der Waals surface area contributed by atoms with Crippen molar-refractivity contribution in [2.75, 3.05) is 13.6 Å². The lowest BCUT2D eigenvalue weighted by molar-refractivity contribution is 0.173. The van der Waals surface area contributed by atoms with E-state index in [1.807, 2.05) is 11.3 Å². The Bertz CT molecular complexity index is 391. The molecule has 0 saturated heterocycles. The van der Waals surface area contributed by atoms with Crippen molar-refractivity contribution in [2.24, 2.45) is 0 Å². The van der Waals surface area contributed by atoms with Gasteiger partial charge in [-0.3, -0.25) is 4.90 Å². The normalized spacial score (nSPS) is 22.3. The minimum absolute atomic E-state index is 0.431. The predicted octanol–water partition coefficient (Wildman–Crippen LogP) is 4.02. The third-order valence-corrected chi connectivity index (χ3v) is 5.98. The highest BCUT2D eigenvalue weighted by atomic mass is 32.1. The van der Waals surface area contributed by atoms with Crippen molar-refractivity contribution in [2.45, 2.75) is 69.5 Å². The molecule has 3 rings (SSSR count). The molecule has 0 bridgehead atoms. The van der Waals surface area contributed by atoms with E-state index in [0.717, 1.165) is 12.6 Å². The summed E-state index contributed by atoms with van der Waals surface area (Å²) < 4.78 is 0. The summed E-state index contributed by atoms with van der Waals surface area (Å²) >= 11 is 1.82. The van der Waals surface area contributed by atoms with Crippen molar-refractivity contribution < 1.29 is 0 Å². The highest BCUT2D eigenvalue weighted by Gasteiger charge is 2.34. The van der Waals surface area contributed by atoms with Crippen LogP contribution in [-0.2, 0) is 6.54 Å². The van der Waals surface area contributed by atoms with E-state index in [-0.39, 0.29) is 0 Å². The topological polar surface area (TPSA) is 15.3 Å². The monoisotopic (exact) mass is 292 g/mol. The molecular formula is C17H28N2S. The van der Waals surface area contributed by atoms with Gasteiger partial charge in [0.15, 0.2) is 0 Å². The van der Waals surface area contributed by atoms with Crippen LogP contribution in [0.25, 0.3) is 0 Å². The van der Waals surface area contributed by atoms with E-state index >= 15 is 0 Å². The number of rotatable bonds is 7. The van der Waals surface area contributed by atoms with Crippen LogP contribution >= 0.6 is 11.3 Å². The Morgan fingerprint density at radius 3 is 2.70 bits per heavy atom. The molecule has 20 heavy (non-hydrogen) atoms. The van der Waals surface area contributed by atoms with Gasteiger partial charge in [-0.25, -0.2) is 0 Å². The van der Waals surface area contributed by atoms with Gasteiger partial charge in [0, 0.05) is 24.7 Å². The number of nitrogens with zero attached hydrogens (tertiary/aromatic N) is 1. The van der Waals surface area contributed by atoms with Crippen molar-refractivity contribution in [1.82, 2.24) is 10.2 Å². The minimum Gasteiger partial charge on any atom is -0.314 e. The van der Waals surface area contributed by atoms with E-state index in [4.69, 9.17) is 0 Å². The molecule has 0 aromatic carbocycles. The Morgan fingerprint density at radius 1 is 1.30 bits per heavy atom. The summed E-state index contributed by atoms with van der Waals surface area (Å²) in [6, 6.07) is 3.15. The Labute approximate surface area is 127 Å². The number of thiophene rings is 1. The molecule has 0 aliphatic heterocycles. The first kappa shape index (κ1) is 14.6. The largest absolute Gasteiger partial charge is 0.314 e. The maximum absolute atomic E-state index is 3.67. The zero-order valence-corrected chi connectivity index (χ0v) is 13.6. The Morgan fingerprint density at radius 2 is 2.10 bits per heavy atom. The summed E-state index contributed by atoms with van der Waals surface area (Å²) in [6.45, 7) is 2.43. The second-order valence-electron chi connectivity index (χ2n) is 6.67. The van der Waals surface area contributed by atoms with Gasteiger partial charge in [-0.05, 0) is 61.5 Å². The molecule has 2 nitrogen and oxygen atoms in total. The van der Waals surface area contributed by atoms with E-state index in [2.05, 4.69) is 34.1 Å². The van der Waals surface area contributed by atoms with Gasteiger partial charge in [0.1, 0.15) is 0 Å². The van der Waals surface area contributed by atoms with Crippen molar-refractivity contribution in [3.8, 4) is 0 Å². The van der Waals surface area contributed by atoms with Crippen molar-refractivity contribution in [3.05, 3.63) is 22.4 Å². The first-order valence-electron chi connectivity index (χ1n) is 8.25. The summed E-state index contributed by atoms with van der Waals surface area (Å²) in [4.78, 5) is 2.73. The van der Waals surface area contributed by atoms with Crippen LogP contribution < -0.4 is 5.32 Å². The highest BCUT2D eigenvalue weighted by molar-refractivity contribution is 7.07. The molecule has 0 unspecified atom stereocenters. The second kappa shape index (κ2) is 6.59. The molecule has 2 aliphatic carbocycles. The van der Waals surface area contributed by atoms with Crippen LogP contribution in [0.5, 0.6) is 0 Å². The average molecular weight is 292 g/mol. The van der Waals surface area contributed by atoms with E-state index < -0.39 is 0 Å². The molecule has 0 atom stereocenters. The van der Waals surface area contributed by atoms with Gasteiger partial charge < -0.3 is 5.32 Å². The number of hydrogen-bond acceptors (Lipinski definition) is 3. The summed E-state index contributed by atoms with van der Waals surface area (Å²) in [7, 11) is 2.17. The van der Waals surface area contributed by atoms with Crippen molar-refractivity contribution in [1.29, 1.82) is 0 Å². The van der Waals surface area contributed by atoms with Gasteiger partial charge in [-0.15, -0.1) is 0 Å². The van der Waals surface area contributed by atoms with Crippen LogP contribution in [0.3, 0.4) is 0 Å². The van der Waals surface area contributed by atoms with Gasteiger partial charge in [-0.2, -0.15) is 11.3 Å². The Hall–Kier alpha value is -0.380. The molecule has 1 heterocycles. The molecule has 1 aromatic heterocycles. The lowest BCUT2D eigenvalue weighted by atomic mass is 9.79. The molecule has 1 aromatic rings. The molecule has 112 valence electrons. The predicted molar refractivity (Wildman–Crippen MR) is 87.2 cm³/mol. The fraction of sp³-hybridized carbons (Fsp3) is 0.765. The van der Waals surface area contributed by atoms with Crippen LogP contribution in [0.2, 0.25) is 0 Å². The van der Waals surface area contributed by atoms with E-state index in [9.17, 15) is 0 Å². The highest BCUT2D eigenvalue weighted by Crippen LogP contribution is 2.34. The smallest absolute Gasteiger partial charge is 0.0244 e. The summed E-state index contributed by atoms with van der Waals surface area (Å²) in [6.07, 6.45) is 11.2. The minimum atomic E-state index is 0.431. The van der Waals surface area contributed by atoms with Gasteiger partial charge in [0.2, 0.25) is 0 Å². The molecule has 2 aliphatic rings. The zero-order valence-electron chi connectivity index (χ0n) is 12.7. The van der Waals surface area contributed by atoms with E-state index in [1.54, 1.807) is 0 Å². The lowest BCUT2D eigenvalue weighted by Gasteiger charge is -2.39. The van der Waals surface area contributed by atoms with Crippen molar-refractivity contribution in [3.63, 3.8) is 0 Å². The SMILES string of the molecule is CNC1(CCN(Cc2ccsc2)C2CC2)CCCCC1. The fourth-order valence-corrected chi connectivity index (χ4v) is 4.32. The molecule has 0 radical (unpaired) electrons. The first-order valence-corrected chi connectivity index (χ1v) is 9.20. The van der Waals surface area contributed by atoms with Crippen LogP contribution in [0.4, 0.5) is 0 Å². The van der Waals surface area contributed by atoms with Crippen LogP contribution in [0, 0.1) is 0 Å². The standard InChI is InChI=1S/C17H28N2S/c1-18-17(8-3-2-4-9-17)10-11-19(16-5-6-16)13-15-7-12-20-14-15/h7,12,14,16,18H,2-6,8-11,13H2,1H3. The molecule has 1 N–H and O–H groups in total. The van der Waals surface area contributed by atoms with Crippen molar-refractivity contribution >= 4 is 11.3 Å². The summed E-state index contributed by atoms with van der Waals surface area (Å²) in [5.41, 5.74) is 1.93. The van der Waals surface area contributed by atoms with E-state index in [0.29, 0.717) is 5.54 Å². The van der Waals surface area contributed by atoms with Crippen LogP contribution in [0.15, 0.2) is 16.8 Å². The molecule has 2 fully saturated rings. The maximum Gasteiger partial charge on any atom is 0.0244 e. The van der Waals surface area contributed by atoms with Crippen LogP contribution in [0.1, 0.15) is 56.9 Å². The molecule has 2 saturated carbocycles. The molecule has 0 amide bonds. The molecule has 3 heteroatoms. The fourth-order valence-electron chi connectivity index (χ4n) is 3.66. The summed E-state index contributed by atoms with van der Waals surface area (Å²) in [5.74, 6) is 0. The van der Waals surface area contributed by atoms with E-state index in [1.165, 1.54) is 63.5 Å². The first-order chi connectivity index (χ1) is 9.81. The number of hydrogen-bond donors (Lipinski definition) is 1.